The number of hydrogen-bond donors (Lipinski definition) is 3. The number of carboxylic acids is 1. The minimum Gasteiger partial charge on any atom is -0.482 e. The number of benzene rings is 1. The monoisotopic (exact) mass is 292 g/mol. The summed E-state index contributed by atoms with van der Waals surface area (Å²) in [6, 6.07) is 6.50. The SMILES string of the molecule is CC(CC1CC1)NC(=O)Nc1ccc(OCC(=O)O)cc1. The van der Waals surface area contributed by atoms with E-state index in [0.29, 0.717) is 11.4 Å². The van der Waals surface area contributed by atoms with Crippen molar-refractivity contribution in [2.75, 3.05) is 11.9 Å². The summed E-state index contributed by atoms with van der Waals surface area (Å²) >= 11 is 0. The van der Waals surface area contributed by atoms with Crippen molar-refractivity contribution in [2.24, 2.45) is 5.92 Å². The van der Waals surface area contributed by atoms with Crippen LogP contribution in [0, 0.1) is 5.92 Å². The molecule has 6 heteroatoms. The summed E-state index contributed by atoms with van der Waals surface area (Å²) in [5, 5.41) is 14.1. The van der Waals surface area contributed by atoms with Gasteiger partial charge in [-0.2, -0.15) is 0 Å². The maximum absolute atomic E-state index is 11.8. The number of carbonyl (C=O) groups is 2. The Balaban J connectivity index is 1.76. The summed E-state index contributed by atoms with van der Waals surface area (Å²) in [6.07, 6.45) is 3.56. The van der Waals surface area contributed by atoms with E-state index in [4.69, 9.17) is 9.84 Å². The lowest BCUT2D eigenvalue weighted by molar-refractivity contribution is -0.139. The first kappa shape index (κ1) is 15.2. The molecule has 0 saturated heterocycles. The minimum absolute atomic E-state index is 0.163. The van der Waals surface area contributed by atoms with Gasteiger partial charge in [0.25, 0.3) is 0 Å². The van der Waals surface area contributed by atoms with Gasteiger partial charge in [-0.1, -0.05) is 12.8 Å². The Labute approximate surface area is 123 Å². The third-order valence-electron chi connectivity index (χ3n) is 3.24. The van der Waals surface area contributed by atoms with E-state index < -0.39 is 5.97 Å². The summed E-state index contributed by atoms with van der Waals surface area (Å²) in [5.74, 6) is 0.192. The fourth-order valence-corrected chi connectivity index (χ4v) is 2.08. The molecule has 0 spiro atoms. The van der Waals surface area contributed by atoms with Crippen LogP contribution in [0.5, 0.6) is 5.75 Å². The highest BCUT2D eigenvalue weighted by molar-refractivity contribution is 5.89. The molecule has 0 radical (unpaired) electrons. The number of nitrogens with one attached hydrogen (secondary N) is 2. The van der Waals surface area contributed by atoms with Gasteiger partial charge in [0.1, 0.15) is 5.75 Å². The van der Waals surface area contributed by atoms with E-state index in [2.05, 4.69) is 10.6 Å². The molecule has 1 aliphatic rings. The summed E-state index contributed by atoms with van der Waals surface area (Å²) in [6.45, 7) is 1.62. The van der Waals surface area contributed by atoms with Crippen LogP contribution in [-0.4, -0.2) is 29.8 Å². The molecule has 0 aliphatic heterocycles. The maximum atomic E-state index is 11.8. The second-order valence-corrected chi connectivity index (χ2v) is 5.39. The van der Waals surface area contributed by atoms with E-state index in [-0.39, 0.29) is 18.7 Å². The first-order chi connectivity index (χ1) is 10.0. The van der Waals surface area contributed by atoms with Crippen molar-refractivity contribution in [3.63, 3.8) is 0 Å². The van der Waals surface area contributed by atoms with E-state index >= 15 is 0 Å². The van der Waals surface area contributed by atoms with Crippen molar-refractivity contribution in [1.82, 2.24) is 5.32 Å². The molecule has 1 aromatic rings. The second kappa shape index (κ2) is 6.97. The molecule has 1 aromatic carbocycles. The largest absolute Gasteiger partial charge is 0.482 e. The third kappa shape index (κ3) is 5.72. The number of carboxylic acid groups (broad SMARTS) is 1. The van der Waals surface area contributed by atoms with Crippen molar-refractivity contribution in [3.05, 3.63) is 24.3 Å². The lowest BCUT2D eigenvalue weighted by Crippen LogP contribution is -2.36. The first-order valence-corrected chi connectivity index (χ1v) is 7.05. The van der Waals surface area contributed by atoms with Gasteiger partial charge < -0.3 is 20.5 Å². The Hall–Kier alpha value is -2.24. The van der Waals surface area contributed by atoms with Gasteiger partial charge in [-0.05, 0) is 43.5 Å². The quantitative estimate of drug-likeness (QED) is 0.720. The van der Waals surface area contributed by atoms with Crippen LogP contribution in [0.3, 0.4) is 0 Å². The maximum Gasteiger partial charge on any atom is 0.341 e. The highest BCUT2D eigenvalue weighted by Gasteiger charge is 2.24. The van der Waals surface area contributed by atoms with Crippen LogP contribution in [0.15, 0.2) is 24.3 Å². The molecule has 21 heavy (non-hydrogen) atoms. The fourth-order valence-electron chi connectivity index (χ4n) is 2.08. The summed E-state index contributed by atoms with van der Waals surface area (Å²) < 4.78 is 5.01. The third-order valence-corrected chi connectivity index (χ3v) is 3.24. The van der Waals surface area contributed by atoms with Gasteiger partial charge in [0.15, 0.2) is 6.61 Å². The minimum atomic E-state index is -1.03. The Morgan fingerprint density at radius 3 is 2.57 bits per heavy atom. The van der Waals surface area contributed by atoms with Crippen LogP contribution < -0.4 is 15.4 Å². The molecule has 6 nitrogen and oxygen atoms in total. The molecule has 0 heterocycles. The Morgan fingerprint density at radius 2 is 2.00 bits per heavy atom. The normalized spacial score (nSPS) is 15.1. The van der Waals surface area contributed by atoms with Gasteiger partial charge in [-0.25, -0.2) is 9.59 Å². The Kier molecular flexibility index (Phi) is 5.03. The molecular weight excluding hydrogens is 272 g/mol. The van der Waals surface area contributed by atoms with E-state index in [9.17, 15) is 9.59 Å². The molecule has 2 amide bonds. The highest BCUT2D eigenvalue weighted by Crippen LogP contribution is 2.33. The summed E-state index contributed by atoms with van der Waals surface area (Å²) in [4.78, 5) is 22.2. The van der Waals surface area contributed by atoms with Gasteiger partial charge in [-0.3, -0.25) is 0 Å². The van der Waals surface area contributed by atoms with Crippen LogP contribution in [0.4, 0.5) is 10.5 Å². The zero-order valence-corrected chi connectivity index (χ0v) is 12.0. The summed E-state index contributed by atoms with van der Waals surface area (Å²) in [7, 11) is 0. The van der Waals surface area contributed by atoms with Crippen molar-refractivity contribution < 1.29 is 19.4 Å². The summed E-state index contributed by atoms with van der Waals surface area (Å²) in [5.41, 5.74) is 0.633. The molecule has 2 rings (SSSR count). The number of rotatable bonds is 7. The number of hydrogen-bond acceptors (Lipinski definition) is 3. The topological polar surface area (TPSA) is 87.7 Å². The van der Waals surface area contributed by atoms with Crippen molar-refractivity contribution >= 4 is 17.7 Å². The zero-order chi connectivity index (χ0) is 15.2. The molecule has 1 fully saturated rings. The van der Waals surface area contributed by atoms with Gasteiger partial charge in [0.2, 0.25) is 0 Å². The predicted molar refractivity (Wildman–Crippen MR) is 78.5 cm³/mol. The average molecular weight is 292 g/mol. The molecule has 1 saturated carbocycles. The molecule has 1 aliphatic carbocycles. The number of amides is 2. The molecule has 114 valence electrons. The lowest BCUT2D eigenvalue weighted by atomic mass is 10.2. The number of carbonyl (C=O) groups excluding carboxylic acids is 1. The Bertz CT molecular complexity index is 497. The molecule has 3 N–H and O–H groups in total. The molecular formula is C15H20N2O4. The molecule has 1 atom stereocenters. The van der Waals surface area contributed by atoms with Crippen LogP contribution in [0.1, 0.15) is 26.2 Å². The molecule has 1 unspecified atom stereocenters. The molecule has 0 aromatic heterocycles. The predicted octanol–water partition coefficient (Wildman–Crippen LogP) is 2.46. The van der Waals surface area contributed by atoms with E-state index in [0.717, 1.165) is 12.3 Å². The van der Waals surface area contributed by atoms with E-state index in [1.807, 2.05) is 6.92 Å². The lowest BCUT2D eigenvalue weighted by Gasteiger charge is -2.14. The van der Waals surface area contributed by atoms with E-state index in [1.54, 1.807) is 24.3 Å². The highest BCUT2D eigenvalue weighted by atomic mass is 16.5. The first-order valence-electron chi connectivity index (χ1n) is 7.05. The van der Waals surface area contributed by atoms with Crippen LogP contribution in [0.2, 0.25) is 0 Å². The average Bonchev–Trinajstić information content (AvgIpc) is 3.21. The smallest absolute Gasteiger partial charge is 0.341 e. The van der Waals surface area contributed by atoms with Gasteiger partial charge in [0.05, 0.1) is 0 Å². The van der Waals surface area contributed by atoms with Crippen molar-refractivity contribution in [2.45, 2.75) is 32.2 Å². The second-order valence-electron chi connectivity index (χ2n) is 5.39. The molecule has 0 bridgehead atoms. The van der Waals surface area contributed by atoms with Crippen molar-refractivity contribution in [3.8, 4) is 5.75 Å². The van der Waals surface area contributed by atoms with E-state index in [1.165, 1.54) is 12.8 Å². The number of anilines is 1. The van der Waals surface area contributed by atoms with Gasteiger partial charge >= 0.3 is 12.0 Å². The van der Waals surface area contributed by atoms with Crippen molar-refractivity contribution in [1.29, 1.82) is 0 Å². The number of urea groups is 1. The van der Waals surface area contributed by atoms with Crippen LogP contribution in [0.25, 0.3) is 0 Å². The fraction of sp³-hybridized carbons (Fsp3) is 0.467. The standard InChI is InChI=1S/C15H20N2O4/c1-10(8-11-2-3-11)16-15(20)17-12-4-6-13(7-5-12)21-9-14(18)19/h4-7,10-11H,2-3,8-9H2,1H3,(H,18,19)(H2,16,17,20). The Morgan fingerprint density at radius 1 is 1.33 bits per heavy atom. The van der Waals surface area contributed by atoms with Gasteiger partial charge in [0, 0.05) is 11.7 Å². The number of ether oxygens (including phenoxy) is 1. The van der Waals surface area contributed by atoms with Gasteiger partial charge in [-0.15, -0.1) is 0 Å². The van der Waals surface area contributed by atoms with Crippen LogP contribution >= 0.6 is 0 Å². The van der Waals surface area contributed by atoms with Crippen LogP contribution in [-0.2, 0) is 4.79 Å². The number of aliphatic carboxylic acids is 1. The zero-order valence-electron chi connectivity index (χ0n) is 12.0.